The normalized spacial score (nSPS) is 12.0. The van der Waals surface area contributed by atoms with Crippen molar-refractivity contribution in [1.29, 1.82) is 0 Å². The molecule has 11 heteroatoms. The van der Waals surface area contributed by atoms with E-state index in [-0.39, 0.29) is 32.2 Å². The van der Waals surface area contributed by atoms with Gasteiger partial charge in [-0.1, -0.05) is 11.6 Å². The molecule has 1 unspecified atom stereocenters. The number of carboxylic acids is 1. The van der Waals surface area contributed by atoms with E-state index in [0.717, 1.165) is 15.9 Å². The summed E-state index contributed by atoms with van der Waals surface area (Å²) in [7, 11) is 1.45. The molecule has 0 aliphatic heterocycles. The van der Waals surface area contributed by atoms with Crippen molar-refractivity contribution in [2.45, 2.75) is 13.0 Å². The maximum Gasteiger partial charge on any atom is 0.346 e. The molecule has 2 heterocycles. The number of nitrogens with one attached hydrogen (secondary N) is 1. The van der Waals surface area contributed by atoms with E-state index in [1.807, 2.05) is 0 Å². The number of nitrogens with zero attached hydrogens (tertiary/aromatic N) is 1. The van der Waals surface area contributed by atoms with E-state index in [9.17, 15) is 23.9 Å². The lowest BCUT2D eigenvalue weighted by Crippen LogP contribution is -2.34. The van der Waals surface area contributed by atoms with E-state index in [4.69, 9.17) is 21.1 Å². The van der Waals surface area contributed by atoms with Gasteiger partial charge in [-0.15, -0.1) is 11.3 Å². The molecule has 8 nitrogen and oxygen atoms in total. The Labute approximate surface area is 194 Å². The lowest BCUT2D eigenvalue weighted by Gasteiger charge is -2.19. The number of aromatic amines is 1. The van der Waals surface area contributed by atoms with Crippen LogP contribution in [0.3, 0.4) is 0 Å². The number of benzene rings is 2. The first kappa shape index (κ1) is 22.6. The van der Waals surface area contributed by atoms with E-state index in [1.54, 1.807) is 6.92 Å². The minimum atomic E-state index is -1.29. The average molecular weight is 491 g/mol. The molecule has 2 aromatic heterocycles. The highest BCUT2D eigenvalue weighted by molar-refractivity contribution is 7.13. The summed E-state index contributed by atoms with van der Waals surface area (Å²) in [5.74, 6) is -1.08. The van der Waals surface area contributed by atoms with Crippen molar-refractivity contribution in [1.82, 2.24) is 9.55 Å². The number of H-pyrrole nitrogens is 1. The van der Waals surface area contributed by atoms with Crippen molar-refractivity contribution >= 4 is 39.8 Å². The number of aromatic nitrogens is 2. The number of aromatic carboxylic acids is 1. The number of hydrogen-bond acceptors (Lipinski definition) is 6. The molecule has 4 aromatic rings. The second-order valence-electron chi connectivity index (χ2n) is 6.99. The van der Waals surface area contributed by atoms with Gasteiger partial charge in [-0.3, -0.25) is 4.79 Å². The number of methoxy groups -OCH3 is 1. The van der Waals surface area contributed by atoms with E-state index >= 15 is 0 Å². The second-order valence-corrected chi connectivity index (χ2v) is 8.28. The third-order valence-corrected chi connectivity index (χ3v) is 6.24. The van der Waals surface area contributed by atoms with Crippen molar-refractivity contribution < 1.29 is 23.8 Å². The molecule has 0 bridgehead atoms. The van der Waals surface area contributed by atoms with Gasteiger partial charge in [-0.05, 0) is 37.3 Å². The summed E-state index contributed by atoms with van der Waals surface area (Å²) in [6, 6.07) is 8.36. The number of fused-ring (bicyclic) bond motifs is 1. The Kier molecular flexibility index (Phi) is 5.96. The molecular formula is C22H16ClFN2O6S. The monoisotopic (exact) mass is 490 g/mol. The smallest absolute Gasteiger partial charge is 0.346 e. The Morgan fingerprint density at radius 2 is 2.00 bits per heavy atom. The van der Waals surface area contributed by atoms with Gasteiger partial charge in [0, 0.05) is 17.0 Å². The molecule has 0 saturated carbocycles. The predicted octanol–water partition coefficient (Wildman–Crippen LogP) is 4.38. The Hall–Kier alpha value is -3.63. The van der Waals surface area contributed by atoms with Gasteiger partial charge < -0.3 is 19.6 Å². The highest BCUT2D eigenvalue weighted by atomic mass is 35.5. The zero-order valence-corrected chi connectivity index (χ0v) is 18.8. The molecule has 0 spiro atoms. The lowest BCUT2D eigenvalue weighted by molar-refractivity contribution is 0.0704. The fourth-order valence-corrected chi connectivity index (χ4v) is 4.47. The van der Waals surface area contributed by atoms with Crippen LogP contribution in [0.25, 0.3) is 16.6 Å². The van der Waals surface area contributed by atoms with Crippen LogP contribution in [0.15, 0.2) is 51.4 Å². The van der Waals surface area contributed by atoms with Crippen molar-refractivity contribution in [2.75, 3.05) is 7.11 Å². The van der Waals surface area contributed by atoms with E-state index < -0.39 is 29.1 Å². The molecule has 0 aliphatic rings. The summed E-state index contributed by atoms with van der Waals surface area (Å²) in [5, 5.41) is 10.7. The SMILES string of the molecule is COc1ccc(F)cc1C(C)Oc1ccc(Cl)c(-n2c(=O)[nH]c3csc(C(=O)O)c3c2=O)c1. The molecular weight excluding hydrogens is 475 g/mol. The van der Waals surface area contributed by atoms with Crippen molar-refractivity contribution in [3.63, 3.8) is 0 Å². The fourth-order valence-electron chi connectivity index (χ4n) is 3.44. The van der Waals surface area contributed by atoms with Gasteiger partial charge in [0.15, 0.2) is 0 Å². The Bertz CT molecular complexity index is 1510. The Morgan fingerprint density at radius 1 is 1.24 bits per heavy atom. The van der Waals surface area contributed by atoms with Crippen LogP contribution in [-0.2, 0) is 0 Å². The number of carbonyl (C=O) groups is 1. The minimum Gasteiger partial charge on any atom is -0.496 e. The maximum atomic E-state index is 13.8. The molecule has 2 aromatic carbocycles. The van der Waals surface area contributed by atoms with Crippen LogP contribution in [0.4, 0.5) is 4.39 Å². The second kappa shape index (κ2) is 8.72. The van der Waals surface area contributed by atoms with Crippen LogP contribution in [0.2, 0.25) is 5.02 Å². The van der Waals surface area contributed by atoms with Crippen LogP contribution in [0.1, 0.15) is 28.3 Å². The van der Waals surface area contributed by atoms with Crippen molar-refractivity contribution in [3.8, 4) is 17.2 Å². The van der Waals surface area contributed by atoms with Gasteiger partial charge >= 0.3 is 11.7 Å². The van der Waals surface area contributed by atoms with Crippen molar-refractivity contribution in [2.24, 2.45) is 0 Å². The first-order valence-corrected chi connectivity index (χ1v) is 10.8. The zero-order chi connectivity index (χ0) is 23.9. The van der Waals surface area contributed by atoms with Gasteiger partial charge in [-0.25, -0.2) is 18.5 Å². The molecule has 4 rings (SSSR count). The van der Waals surface area contributed by atoms with E-state index in [1.165, 1.54) is 48.9 Å². The predicted molar refractivity (Wildman–Crippen MR) is 122 cm³/mol. The summed E-state index contributed by atoms with van der Waals surface area (Å²) < 4.78 is 25.7. The summed E-state index contributed by atoms with van der Waals surface area (Å²) in [5.41, 5.74) is -1.04. The first-order chi connectivity index (χ1) is 15.7. The van der Waals surface area contributed by atoms with Gasteiger partial charge in [0.25, 0.3) is 5.56 Å². The topological polar surface area (TPSA) is 111 Å². The number of rotatable bonds is 6. The Balaban J connectivity index is 1.81. The molecule has 0 radical (unpaired) electrons. The van der Waals surface area contributed by atoms with E-state index in [0.29, 0.717) is 11.3 Å². The summed E-state index contributed by atoms with van der Waals surface area (Å²) in [4.78, 5) is 39.6. The number of thiophene rings is 1. The first-order valence-electron chi connectivity index (χ1n) is 9.51. The maximum absolute atomic E-state index is 13.8. The van der Waals surface area contributed by atoms with Crippen LogP contribution >= 0.6 is 22.9 Å². The Morgan fingerprint density at radius 3 is 2.70 bits per heavy atom. The van der Waals surface area contributed by atoms with Gasteiger partial charge in [-0.2, -0.15) is 0 Å². The van der Waals surface area contributed by atoms with Gasteiger partial charge in [0.05, 0.1) is 28.7 Å². The number of ether oxygens (including phenoxy) is 2. The van der Waals surface area contributed by atoms with Crippen molar-refractivity contribution in [3.05, 3.63) is 83.9 Å². The molecule has 0 fully saturated rings. The summed E-state index contributed by atoms with van der Waals surface area (Å²) >= 11 is 7.11. The highest BCUT2D eigenvalue weighted by Gasteiger charge is 2.21. The largest absolute Gasteiger partial charge is 0.496 e. The van der Waals surface area contributed by atoms with Crippen LogP contribution in [-0.4, -0.2) is 27.7 Å². The molecule has 0 amide bonds. The summed E-state index contributed by atoms with van der Waals surface area (Å²) in [6.07, 6.45) is -0.655. The third kappa shape index (κ3) is 4.10. The standard InChI is InChI=1S/C22H16ClFN2O6S/c1-10(13-7-11(24)3-6-17(13)31-2)32-12-4-5-14(23)16(8-12)26-20(27)18-15(25-22(26)30)9-33-19(18)21(28)29/h3-10H,1-2H3,(H,25,30)(H,28,29). The highest BCUT2D eigenvalue weighted by Crippen LogP contribution is 2.32. The third-order valence-electron chi connectivity index (χ3n) is 4.95. The molecule has 0 saturated heterocycles. The van der Waals surface area contributed by atoms with Crippen LogP contribution in [0.5, 0.6) is 11.5 Å². The fraction of sp³-hybridized carbons (Fsp3) is 0.136. The lowest BCUT2D eigenvalue weighted by atomic mass is 10.1. The molecule has 1 atom stereocenters. The average Bonchev–Trinajstić information content (AvgIpc) is 3.20. The molecule has 170 valence electrons. The molecule has 33 heavy (non-hydrogen) atoms. The van der Waals surface area contributed by atoms with Gasteiger partial charge in [0.2, 0.25) is 0 Å². The van der Waals surface area contributed by atoms with E-state index in [2.05, 4.69) is 4.98 Å². The quantitative estimate of drug-likeness (QED) is 0.415. The van der Waals surface area contributed by atoms with Gasteiger partial charge in [0.1, 0.15) is 28.3 Å². The molecule has 2 N–H and O–H groups in total. The zero-order valence-electron chi connectivity index (χ0n) is 17.2. The minimum absolute atomic E-state index is 0.00302. The molecule has 0 aliphatic carbocycles. The number of hydrogen-bond donors (Lipinski definition) is 2. The van der Waals surface area contributed by atoms with Crippen LogP contribution in [0, 0.1) is 5.82 Å². The summed E-state index contributed by atoms with van der Waals surface area (Å²) in [6.45, 7) is 1.68. The number of halogens is 2. The number of carboxylic acid groups (broad SMARTS) is 1. The van der Waals surface area contributed by atoms with Crippen LogP contribution < -0.4 is 20.7 Å².